The number of hydrogen-bond donors (Lipinski definition) is 2. The Morgan fingerprint density at radius 3 is 2.70 bits per heavy atom. The number of rotatable bonds is 9. The van der Waals surface area contributed by atoms with E-state index in [0.29, 0.717) is 34.4 Å². The molecule has 1 fully saturated rings. The topological polar surface area (TPSA) is 102 Å². The summed E-state index contributed by atoms with van der Waals surface area (Å²) in [6.07, 6.45) is 0.172. The van der Waals surface area contributed by atoms with Crippen molar-refractivity contribution in [2.24, 2.45) is 0 Å². The van der Waals surface area contributed by atoms with Crippen LogP contribution in [0, 0.1) is 0 Å². The van der Waals surface area contributed by atoms with Gasteiger partial charge in [-0.1, -0.05) is 0 Å². The molecule has 2 amide bonds. The lowest BCUT2D eigenvalue weighted by Gasteiger charge is -2.26. The van der Waals surface area contributed by atoms with E-state index < -0.39 is 0 Å². The number of morpholine rings is 1. The van der Waals surface area contributed by atoms with Crippen molar-refractivity contribution in [3.63, 3.8) is 0 Å². The van der Waals surface area contributed by atoms with Crippen molar-refractivity contribution in [2.75, 3.05) is 58.9 Å². The van der Waals surface area contributed by atoms with Gasteiger partial charge in [0.25, 0.3) is 5.91 Å². The molecule has 162 valence electrons. The Labute approximate surface area is 179 Å². The van der Waals surface area contributed by atoms with Crippen LogP contribution in [0.4, 0.5) is 5.13 Å². The number of nitrogens with zero attached hydrogens (tertiary/aromatic N) is 2. The number of carbonyl (C=O) groups is 2. The van der Waals surface area contributed by atoms with Gasteiger partial charge in [0.2, 0.25) is 5.91 Å². The summed E-state index contributed by atoms with van der Waals surface area (Å²) in [5.74, 6) is 0.613. The van der Waals surface area contributed by atoms with Crippen LogP contribution >= 0.6 is 11.3 Å². The second-order valence-electron chi connectivity index (χ2n) is 6.65. The van der Waals surface area contributed by atoms with E-state index in [9.17, 15) is 9.59 Å². The molecule has 3 rings (SSSR count). The fourth-order valence-electron chi connectivity index (χ4n) is 3.00. The highest BCUT2D eigenvalue weighted by atomic mass is 32.1. The molecular weight excluding hydrogens is 408 g/mol. The Kier molecular flexibility index (Phi) is 8.00. The van der Waals surface area contributed by atoms with Crippen LogP contribution in [0.1, 0.15) is 16.1 Å². The summed E-state index contributed by atoms with van der Waals surface area (Å²) in [7, 11) is 3.05. The fourth-order valence-corrected chi connectivity index (χ4v) is 3.70. The molecule has 2 aromatic rings. The highest BCUT2D eigenvalue weighted by Crippen LogP contribution is 2.28. The average molecular weight is 435 g/mol. The Morgan fingerprint density at radius 1 is 1.20 bits per heavy atom. The molecule has 1 aromatic carbocycles. The largest absolute Gasteiger partial charge is 0.493 e. The Bertz CT molecular complexity index is 867. The maximum absolute atomic E-state index is 12.5. The number of thiazole rings is 1. The third-order valence-corrected chi connectivity index (χ3v) is 5.42. The van der Waals surface area contributed by atoms with Crippen LogP contribution in [0.25, 0.3) is 0 Å². The number of benzene rings is 1. The fraction of sp³-hybridized carbons (Fsp3) is 0.450. The van der Waals surface area contributed by atoms with Gasteiger partial charge in [-0.2, -0.15) is 0 Å². The van der Waals surface area contributed by atoms with Crippen LogP contribution in [-0.2, 0) is 16.0 Å². The van der Waals surface area contributed by atoms with Crippen LogP contribution in [-0.4, -0.2) is 75.3 Å². The molecule has 0 atom stereocenters. The highest BCUT2D eigenvalue weighted by Gasteiger charge is 2.14. The van der Waals surface area contributed by atoms with Crippen molar-refractivity contribution in [2.45, 2.75) is 6.42 Å². The highest BCUT2D eigenvalue weighted by molar-refractivity contribution is 7.14. The third kappa shape index (κ3) is 6.15. The van der Waals surface area contributed by atoms with Crippen molar-refractivity contribution < 1.29 is 23.8 Å². The van der Waals surface area contributed by atoms with E-state index in [1.165, 1.54) is 25.6 Å². The Hall–Kier alpha value is -2.69. The Morgan fingerprint density at radius 2 is 1.97 bits per heavy atom. The standard InChI is InChI=1S/C20H26N4O5S/c1-27-16-4-3-14(11-17(16)28-2)19(26)23-20-22-15(13-30-20)12-18(25)21-5-6-24-7-9-29-10-8-24/h3-4,11,13H,5-10,12H2,1-2H3,(H,21,25)(H,22,23,26). The zero-order chi connectivity index (χ0) is 21.3. The molecule has 0 saturated carbocycles. The molecule has 0 aliphatic carbocycles. The lowest BCUT2D eigenvalue weighted by Crippen LogP contribution is -2.41. The Balaban J connectivity index is 1.47. The van der Waals surface area contributed by atoms with Crippen molar-refractivity contribution >= 4 is 28.3 Å². The molecule has 0 bridgehead atoms. The van der Waals surface area contributed by atoms with Crippen molar-refractivity contribution in [3.8, 4) is 11.5 Å². The quantitative estimate of drug-likeness (QED) is 0.615. The molecule has 0 spiro atoms. The monoisotopic (exact) mass is 434 g/mol. The van der Waals surface area contributed by atoms with Gasteiger partial charge >= 0.3 is 0 Å². The second-order valence-corrected chi connectivity index (χ2v) is 7.51. The summed E-state index contributed by atoms with van der Waals surface area (Å²) in [6, 6.07) is 4.92. The molecule has 9 nitrogen and oxygen atoms in total. The SMILES string of the molecule is COc1ccc(C(=O)Nc2nc(CC(=O)NCCN3CCOCC3)cs2)cc1OC. The van der Waals surface area contributed by atoms with Gasteiger partial charge in [-0.3, -0.25) is 19.8 Å². The van der Waals surface area contributed by atoms with Crippen LogP contribution in [0.3, 0.4) is 0 Å². The zero-order valence-electron chi connectivity index (χ0n) is 17.1. The van der Waals surface area contributed by atoms with Gasteiger partial charge in [0.05, 0.1) is 39.5 Å². The molecule has 1 aromatic heterocycles. The van der Waals surface area contributed by atoms with Gasteiger partial charge in [-0.25, -0.2) is 4.98 Å². The van der Waals surface area contributed by atoms with Crippen LogP contribution in [0.5, 0.6) is 11.5 Å². The molecule has 2 heterocycles. The van der Waals surface area contributed by atoms with E-state index in [1.807, 2.05) is 0 Å². The summed E-state index contributed by atoms with van der Waals surface area (Å²) in [5, 5.41) is 7.86. The smallest absolute Gasteiger partial charge is 0.257 e. The number of carbonyl (C=O) groups excluding carboxylic acids is 2. The number of nitrogens with one attached hydrogen (secondary N) is 2. The first-order valence-electron chi connectivity index (χ1n) is 9.63. The minimum Gasteiger partial charge on any atom is -0.493 e. The van der Waals surface area contributed by atoms with E-state index in [1.54, 1.807) is 23.6 Å². The summed E-state index contributed by atoms with van der Waals surface area (Å²) < 4.78 is 15.7. The van der Waals surface area contributed by atoms with Gasteiger partial charge in [-0.05, 0) is 18.2 Å². The number of hydrogen-bond acceptors (Lipinski definition) is 8. The lowest BCUT2D eigenvalue weighted by atomic mass is 10.2. The minimum atomic E-state index is -0.313. The van der Waals surface area contributed by atoms with Crippen molar-refractivity contribution in [1.82, 2.24) is 15.2 Å². The molecule has 1 saturated heterocycles. The molecule has 0 unspecified atom stereocenters. The predicted octanol–water partition coefficient (Wildman–Crippen LogP) is 1.40. The van der Waals surface area contributed by atoms with E-state index >= 15 is 0 Å². The molecule has 10 heteroatoms. The van der Waals surface area contributed by atoms with Crippen LogP contribution < -0.4 is 20.1 Å². The van der Waals surface area contributed by atoms with Gasteiger partial charge in [-0.15, -0.1) is 11.3 Å². The molecule has 2 N–H and O–H groups in total. The maximum atomic E-state index is 12.5. The second kappa shape index (κ2) is 10.9. The predicted molar refractivity (Wildman–Crippen MR) is 114 cm³/mol. The molecule has 1 aliphatic rings. The van der Waals surface area contributed by atoms with Crippen molar-refractivity contribution in [3.05, 3.63) is 34.8 Å². The molecule has 0 radical (unpaired) electrons. The zero-order valence-corrected chi connectivity index (χ0v) is 17.9. The van der Waals surface area contributed by atoms with Crippen LogP contribution in [0.2, 0.25) is 0 Å². The summed E-state index contributed by atoms with van der Waals surface area (Å²) >= 11 is 1.28. The molecule has 1 aliphatic heterocycles. The van der Waals surface area contributed by atoms with Gasteiger partial charge in [0.15, 0.2) is 16.6 Å². The first kappa shape index (κ1) is 22.0. The maximum Gasteiger partial charge on any atom is 0.257 e. The average Bonchev–Trinajstić information content (AvgIpc) is 3.20. The number of amides is 2. The molecular formula is C20H26N4O5S. The molecule has 30 heavy (non-hydrogen) atoms. The number of aromatic nitrogens is 1. The number of anilines is 1. The van der Waals surface area contributed by atoms with Gasteiger partial charge in [0, 0.05) is 37.1 Å². The van der Waals surface area contributed by atoms with E-state index in [2.05, 4.69) is 20.5 Å². The minimum absolute atomic E-state index is 0.0914. The first-order valence-corrected chi connectivity index (χ1v) is 10.5. The number of methoxy groups -OCH3 is 2. The van der Waals surface area contributed by atoms with Gasteiger partial charge < -0.3 is 19.5 Å². The van der Waals surface area contributed by atoms with Gasteiger partial charge in [0.1, 0.15) is 0 Å². The normalized spacial score (nSPS) is 14.2. The van der Waals surface area contributed by atoms with E-state index in [-0.39, 0.29) is 18.2 Å². The lowest BCUT2D eigenvalue weighted by molar-refractivity contribution is -0.120. The van der Waals surface area contributed by atoms with Crippen molar-refractivity contribution in [1.29, 1.82) is 0 Å². The summed E-state index contributed by atoms with van der Waals surface area (Å²) in [6.45, 7) is 4.66. The number of ether oxygens (including phenoxy) is 3. The summed E-state index contributed by atoms with van der Waals surface area (Å²) in [4.78, 5) is 31.2. The van der Waals surface area contributed by atoms with E-state index in [4.69, 9.17) is 14.2 Å². The third-order valence-electron chi connectivity index (χ3n) is 4.61. The first-order chi connectivity index (χ1) is 14.6. The van der Waals surface area contributed by atoms with E-state index in [0.717, 1.165) is 32.8 Å². The summed E-state index contributed by atoms with van der Waals surface area (Å²) in [5.41, 5.74) is 1.04. The van der Waals surface area contributed by atoms with Crippen LogP contribution in [0.15, 0.2) is 23.6 Å².